The maximum Gasteiger partial charge on any atom is 0.359 e. The lowest BCUT2D eigenvalue weighted by atomic mass is 10.1. The van der Waals surface area contributed by atoms with Crippen LogP contribution in [0, 0.1) is 5.92 Å². The maximum atomic E-state index is 12.1. The fraction of sp³-hybridized carbons (Fsp3) is 0.400. The molecule has 4 rings (SSSR count). The molecule has 0 amide bonds. The average Bonchev–Trinajstić information content (AvgIpc) is 2.96. The van der Waals surface area contributed by atoms with Crippen LogP contribution in [0.1, 0.15) is 41.0 Å². The summed E-state index contributed by atoms with van der Waals surface area (Å²) in [5, 5.41) is 5.06. The van der Waals surface area contributed by atoms with Crippen molar-refractivity contribution < 1.29 is 9.53 Å². The predicted octanol–water partition coefficient (Wildman–Crippen LogP) is 2.76. The van der Waals surface area contributed by atoms with E-state index in [4.69, 9.17) is 16.3 Å². The molecule has 108 valence electrons. The van der Waals surface area contributed by atoms with E-state index in [0.29, 0.717) is 35.0 Å². The normalized spacial score (nSPS) is 21.8. The molecule has 0 unspecified atom stereocenters. The molecule has 2 aromatic rings. The van der Waals surface area contributed by atoms with Crippen LogP contribution < -0.4 is 0 Å². The summed E-state index contributed by atoms with van der Waals surface area (Å²) in [5.74, 6) is 1.45. The number of pyridine rings is 1. The zero-order valence-electron chi connectivity index (χ0n) is 11.5. The Kier molecular flexibility index (Phi) is 2.79. The minimum atomic E-state index is -0.351. The van der Waals surface area contributed by atoms with Gasteiger partial charge >= 0.3 is 5.97 Å². The Bertz CT molecular complexity index is 741. The van der Waals surface area contributed by atoms with E-state index in [2.05, 4.69) is 10.1 Å². The fourth-order valence-corrected chi connectivity index (χ4v) is 3.32. The van der Waals surface area contributed by atoms with E-state index in [1.807, 2.05) is 0 Å². The first-order chi connectivity index (χ1) is 10.2. The van der Waals surface area contributed by atoms with Gasteiger partial charge in [0, 0.05) is 28.8 Å². The lowest BCUT2D eigenvalue weighted by Gasteiger charge is -2.05. The van der Waals surface area contributed by atoms with Crippen LogP contribution in [0.25, 0.3) is 5.82 Å². The van der Waals surface area contributed by atoms with Crippen molar-refractivity contribution in [3.63, 3.8) is 0 Å². The minimum absolute atomic E-state index is 0.350. The van der Waals surface area contributed by atoms with Crippen molar-refractivity contribution in [1.82, 2.24) is 14.8 Å². The molecular formula is C15H14ClN3O2. The van der Waals surface area contributed by atoms with Crippen LogP contribution in [-0.4, -0.2) is 27.3 Å². The second-order valence-electron chi connectivity index (χ2n) is 5.48. The number of ether oxygens (including phenoxy) is 1. The van der Waals surface area contributed by atoms with E-state index in [1.165, 1.54) is 6.42 Å². The summed E-state index contributed by atoms with van der Waals surface area (Å²) in [6.07, 6.45) is 3.73. The molecule has 21 heavy (non-hydrogen) atoms. The molecule has 5 nitrogen and oxygen atoms in total. The first-order valence-electron chi connectivity index (χ1n) is 7.10. The molecule has 2 heterocycles. The lowest BCUT2D eigenvalue weighted by Crippen LogP contribution is -2.09. The molecule has 2 atom stereocenters. The molecule has 0 N–H and O–H groups in total. The molecule has 2 aliphatic carbocycles. The minimum Gasteiger partial charge on any atom is -0.461 e. The number of carbonyl (C=O) groups excluding carboxylic acids is 1. The van der Waals surface area contributed by atoms with Crippen molar-refractivity contribution >= 4 is 17.6 Å². The number of esters is 1. The zero-order chi connectivity index (χ0) is 14.6. The Morgan fingerprint density at radius 3 is 3.19 bits per heavy atom. The summed E-state index contributed by atoms with van der Waals surface area (Å²) in [4.78, 5) is 16.4. The first-order valence-corrected chi connectivity index (χ1v) is 7.47. The van der Waals surface area contributed by atoms with Gasteiger partial charge in [0.1, 0.15) is 0 Å². The highest BCUT2D eigenvalue weighted by atomic mass is 35.5. The van der Waals surface area contributed by atoms with Gasteiger partial charge in [-0.25, -0.2) is 14.5 Å². The first kappa shape index (κ1) is 12.8. The fourth-order valence-electron chi connectivity index (χ4n) is 3.16. The molecule has 0 aliphatic heterocycles. The van der Waals surface area contributed by atoms with E-state index >= 15 is 0 Å². The number of aromatic nitrogens is 3. The summed E-state index contributed by atoms with van der Waals surface area (Å²) in [6, 6.07) is 3.49. The summed E-state index contributed by atoms with van der Waals surface area (Å²) in [5.41, 5.74) is 2.56. The van der Waals surface area contributed by atoms with Crippen molar-refractivity contribution in [2.45, 2.75) is 25.7 Å². The van der Waals surface area contributed by atoms with Crippen LogP contribution in [0.3, 0.4) is 0 Å². The van der Waals surface area contributed by atoms with Crippen LogP contribution in [0.15, 0.2) is 18.3 Å². The lowest BCUT2D eigenvalue weighted by molar-refractivity contribution is 0.0517. The van der Waals surface area contributed by atoms with Crippen molar-refractivity contribution in [2.75, 3.05) is 6.61 Å². The molecule has 1 saturated carbocycles. The number of carbonyl (C=O) groups is 1. The van der Waals surface area contributed by atoms with Crippen LogP contribution in [-0.2, 0) is 11.2 Å². The largest absolute Gasteiger partial charge is 0.461 e. The molecule has 2 aromatic heterocycles. The second-order valence-corrected chi connectivity index (χ2v) is 5.92. The number of rotatable bonds is 3. The van der Waals surface area contributed by atoms with Crippen molar-refractivity contribution in [3.8, 4) is 5.82 Å². The van der Waals surface area contributed by atoms with Gasteiger partial charge < -0.3 is 4.74 Å². The molecule has 2 aliphatic rings. The highest BCUT2D eigenvalue weighted by Gasteiger charge is 2.50. The van der Waals surface area contributed by atoms with Gasteiger partial charge in [0.05, 0.1) is 12.3 Å². The monoisotopic (exact) mass is 303 g/mol. The van der Waals surface area contributed by atoms with Gasteiger partial charge in [-0.1, -0.05) is 11.6 Å². The highest BCUT2D eigenvalue weighted by Crippen LogP contribution is 2.57. The SMILES string of the molecule is CCOC(=O)c1nn(-c2cc(Cl)ccn2)c2c1C[C@@H]1C[C@H]21. The molecule has 0 radical (unpaired) electrons. The number of hydrogen-bond donors (Lipinski definition) is 0. The Labute approximate surface area is 126 Å². The van der Waals surface area contributed by atoms with Gasteiger partial charge in [-0.2, -0.15) is 5.10 Å². The van der Waals surface area contributed by atoms with Gasteiger partial charge in [0.15, 0.2) is 11.5 Å². The van der Waals surface area contributed by atoms with E-state index in [-0.39, 0.29) is 5.97 Å². The van der Waals surface area contributed by atoms with Gasteiger partial charge in [0.2, 0.25) is 0 Å². The third-order valence-electron chi connectivity index (χ3n) is 4.16. The topological polar surface area (TPSA) is 57.0 Å². The van der Waals surface area contributed by atoms with Crippen molar-refractivity contribution in [2.24, 2.45) is 5.92 Å². The summed E-state index contributed by atoms with van der Waals surface area (Å²) in [7, 11) is 0. The van der Waals surface area contributed by atoms with Crippen LogP contribution >= 0.6 is 11.6 Å². The van der Waals surface area contributed by atoms with Gasteiger partial charge in [0.25, 0.3) is 0 Å². The van der Waals surface area contributed by atoms with E-state index in [0.717, 1.165) is 17.7 Å². The Balaban J connectivity index is 1.85. The Morgan fingerprint density at radius 2 is 2.43 bits per heavy atom. The smallest absolute Gasteiger partial charge is 0.359 e. The quantitative estimate of drug-likeness (QED) is 0.818. The predicted molar refractivity (Wildman–Crippen MR) is 76.9 cm³/mol. The highest BCUT2D eigenvalue weighted by molar-refractivity contribution is 6.30. The number of halogens is 1. The van der Waals surface area contributed by atoms with Gasteiger partial charge in [-0.3, -0.25) is 0 Å². The third-order valence-corrected chi connectivity index (χ3v) is 4.39. The second kappa shape index (κ2) is 4.56. The molecule has 6 heteroatoms. The average molecular weight is 304 g/mol. The van der Waals surface area contributed by atoms with Crippen LogP contribution in [0.2, 0.25) is 5.02 Å². The maximum absolute atomic E-state index is 12.1. The molecule has 1 fully saturated rings. The molecule has 0 spiro atoms. The summed E-state index contributed by atoms with van der Waals surface area (Å²) >= 11 is 6.04. The zero-order valence-corrected chi connectivity index (χ0v) is 12.3. The van der Waals surface area contributed by atoms with Gasteiger partial charge in [-0.05, 0) is 31.7 Å². The molecule has 0 bridgehead atoms. The Hall–Kier alpha value is -1.88. The summed E-state index contributed by atoms with van der Waals surface area (Å²) in [6.45, 7) is 2.15. The molecular weight excluding hydrogens is 290 g/mol. The van der Waals surface area contributed by atoms with E-state index in [9.17, 15) is 4.79 Å². The van der Waals surface area contributed by atoms with Gasteiger partial charge in [-0.15, -0.1) is 0 Å². The number of fused-ring (bicyclic) bond motifs is 3. The van der Waals surface area contributed by atoms with E-state index in [1.54, 1.807) is 29.9 Å². The third kappa shape index (κ3) is 1.95. The molecule has 0 aromatic carbocycles. The van der Waals surface area contributed by atoms with Crippen molar-refractivity contribution in [3.05, 3.63) is 40.3 Å². The van der Waals surface area contributed by atoms with Crippen molar-refractivity contribution in [1.29, 1.82) is 0 Å². The Morgan fingerprint density at radius 1 is 1.57 bits per heavy atom. The van der Waals surface area contributed by atoms with E-state index < -0.39 is 0 Å². The molecule has 0 saturated heterocycles. The van der Waals surface area contributed by atoms with Crippen LogP contribution in [0.4, 0.5) is 0 Å². The number of nitrogens with zero attached hydrogens (tertiary/aromatic N) is 3. The van der Waals surface area contributed by atoms with Crippen LogP contribution in [0.5, 0.6) is 0 Å². The number of hydrogen-bond acceptors (Lipinski definition) is 4. The summed E-state index contributed by atoms with van der Waals surface area (Å²) < 4.78 is 6.88. The standard InChI is InChI=1S/C15H14ClN3O2/c1-2-21-15(20)13-11-6-8-5-10(8)14(11)19(18-13)12-7-9(16)3-4-17-12/h3-4,7-8,10H,2,5-6H2,1H3/t8-,10-/m0/s1.